The van der Waals surface area contributed by atoms with Gasteiger partial charge in [-0.25, -0.2) is 0 Å². The van der Waals surface area contributed by atoms with Crippen LogP contribution in [0.2, 0.25) is 5.02 Å². The summed E-state index contributed by atoms with van der Waals surface area (Å²) in [4.78, 5) is 11.2. The Morgan fingerprint density at radius 2 is 2.10 bits per heavy atom. The summed E-state index contributed by atoms with van der Waals surface area (Å²) in [6, 6.07) is 1.81. The molecule has 1 fully saturated rings. The van der Waals surface area contributed by atoms with Crippen molar-refractivity contribution in [3.05, 3.63) is 22.2 Å². The molecule has 5 heteroatoms. The Morgan fingerprint density at radius 3 is 2.55 bits per heavy atom. The number of carboxylic acids is 1. The van der Waals surface area contributed by atoms with E-state index in [0.29, 0.717) is 22.4 Å². The topological polar surface area (TPSA) is 55.8 Å². The average Bonchev–Trinajstić information content (AvgIpc) is 3.22. The Hall–Kier alpha value is -1.42. The number of carbonyl (C=O) groups is 1. The van der Waals surface area contributed by atoms with E-state index in [1.807, 2.05) is 13.0 Å². The molecule has 1 aromatic carbocycles. The minimum absolute atomic E-state index is 0.0629. The summed E-state index contributed by atoms with van der Waals surface area (Å²) < 4.78 is 10.8. The van der Waals surface area contributed by atoms with Gasteiger partial charge in [0.2, 0.25) is 0 Å². The zero-order chi connectivity index (χ0) is 14.9. The maximum atomic E-state index is 11.2. The molecule has 0 bridgehead atoms. The van der Waals surface area contributed by atoms with Crippen molar-refractivity contribution < 1.29 is 19.4 Å². The van der Waals surface area contributed by atoms with Crippen LogP contribution in [-0.2, 0) is 4.79 Å². The number of hydrogen-bond acceptors (Lipinski definition) is 3. The molecule has 2 rings (SSSR count). The molecule has 1 saturated carbocycles. The van der Waals surface area contributed by atoms with Gasteiger partial charge in [-0.05, 0) is 37.3 Å². The third-order valence-electron chi connectivity index (χ3n) is 3.78. The number of halogens is 1. The fraction of sp³-hybridized carbons (Fsp3) is 0.533. The Bertz CT molecular complexity index is 523. The third kappa shape index (κ3) is 2.85. The van der Waals surface area contributed by atoms with Crippen LogP contribution in [0.1, 0.15) is 36.3 Å². The van der Waals surface area contributed by atoms with E-state index < -0.39 is 5.97 Å². The van der Waals surface area contributed by atoms with Crippen LogP contribution in [-0.4, -0.2) is 25.3 Å². The first kappa shape index (κ1) is 15.0. The second kappa shape index (κ2) is 5.92. The highest BCUT2D eigenvalue weighted by Crippen LogP contribution is 2.52. The number of methoxy groups -OCH3 is 2. The Morgan fingerprint density at radius 1 is 1.45 bits per heavy atom. The molecule has 1 atom stereocenters. The molecule has 0 aromatic heterocycles. The summed E-state index contributed by atoms with van der Waals surface area (Å²) in [7, 11) is 3.12. The molecule has 0 heterocycles. The molecular formula is C15H19ClO4. The molecule has 1 aromatic rings. The number of hydrogen-bond donors (Lipinski definition) is 1. The maximum absolute atomic E-state index is 11.2. The van der Waals surface area contributed by atoms with Crippen LogP contribution >= 0.6 is 11.6 Å². The quantitative estimate of drug-likeness (QED) is 0.871. The van der Waals surface area contributed by atoms with Gasteiger partial charge in [0.25, 0.3) is 0 Å². The Kier molecular flexibility index (Phi) is 4.43. The van der Waals surface area contributed by atoms with Gasteiger partial charge in [0.05, 0.1) is 25.7 Å². The number of rotatable bonds is 6. The normalized spacial score (nSPS) is 15.8. The van der Waals surface area contributed by atoms with E-state index in [1.165, 1.54) is 0 Å². The van der Waals surface area contributed by atoms with Gasteiger partial charge in [0.1, 0.15) is 0 Å². The lowest BCUT2D eigenvalue weighted by molar-refractivity contribution is -0.137. The standard InChI is InChI=1S/C15H19ClO4/c1-8-6-11(19-2)15(20-3)13(14(8)16)10(7-12(17)18)9-4-5-9/h6,9-10H,4-5,7H2,1-3H3,(H,17,18). The first-order chi connectivity index (χ1) is 9.49. The summed E-state index contributed by atoms with van der Waals surface area (Å²) in [5, 5.41) is 9.74. The van der Waals surface area contributed by atoms with E-state index in [1.54, 1.807) is 14.2 Å². The number of benzene rings is 1. The minimum atomic E-state index is -0.819. The monoisotopic (exact) mass is 298 g/mol. The summed E-state index contributed by atoms with van der Waals surface area (Å²) in [6.07, 6.45) is 2.13. The van der Waals surface area contributed by atoms with Crippen molar-refractivity contribution in [2.45, 2.75) is 32.1 Å². The van der Waals surface area contributed by atoms with Crippen LogP contribution in [0.3, 0.4) is 0 Å². The molecule has 1 N–H and O–H groups in total. The SMILES string of the molecule is COc1cc(C)c(Cl)c(C(CC(=O)O)C2CC2)c1OC. The van der Waals surface area contributed by atoms with Crippen LogP contribution in [0, 0.1) is 12.8 Å². The van der Waals surface area contributed by atoms with E-state index in [2.05, 4.69) is 0 Å². The van der Waals surface area contributed by atoms with Crippen molar-refractivity contribution in [3.63, 3.8) is 0 Å². The van der Waals surface area contributed by atoms with Gasteiger partial charge in [-0.15, -0.1) is 0 Å². The summed E-state index contributed by atoms with van der Waals surface area (Å²) in [6.45, 7) is 1.89. The fourth-order valence-corrected chi connectivity index (χ4v) is 2.94. The molecule has 4 nitrogen and oxygen atoms in total. The first-order valence-corrected chi connectivity index (χ1v) is 7.00. The molecule has 1 aliphatic rings. The Labute approximate surface area is 123 Å². The van der Waals surface area contributed by atoms with Crippen LogP contribution in [0.25, 0.3) is 0 Å². The van der Waals surface area contributed by atoms with E-state index in [-0.39, 0.29) is 12.3 Å². The summed E-state index contributed by atoms with van der Waals surface area (Å²) in [5.74, 6) is 0.579. The Balaban J connectivity index is 2.56. The van der Waals surface area contributed by atoms with Gasteiger partial charge < -0.3 is 14.6 Å². The van der Waals surface area contributed by atoms with Crippen molar-refractivity contribution in [2.24, 2.45) is 5.92 Å². The highest BCUT2D eigenvalue weighted by atomic mass is 35.5. The van der Waals surface area contributed by atoms with Gasteiger partial charge >= 0.3 is 5.97 Å². The molecule has 0 spiro atoms. The smallest absolute Gasteiger partial charge is 0.303 e. The highest BCUT2D eigenvalue weighted by Gasteiger charge is 2.37. The lowest BCUT2D eigenvalue weighted by Crippen LogP contribution is -2.11. The zero-order valence-corrected chi connectivity index (χ0v) is 12.7. The average molecular weight is 299 g/mol. The van der Waals surface area contributed by atoms with Crippen LogP contribution in [0.4, 0.5) is 0 Å². The maximum Gasteiger partial charge on any atom is 0.303 e. The lowest BCUT2D eigenvalue weighted by atomic mass is 9.88. The van der Waals surface area contributed by atoms with Crippen molar-refractivity contribution >= 4 is 17.6 Å². The van der Waals surface area contributed by atoms with Crippen molar-refractivity contribution in [3.8, 4) is 11.5 Å². The van der Waals surface area contributed by atoms with Gasteiger partial charge in [0, 0.05) is 11.5 Å². The number of aryl methyl sites for hydroxylation is 1. The highest BCUT2D eigenvalue weighted by molar-refractivity contribution is 6.32. The van der Waals surface area contributed by atoms with Crippen LogP contribution in [0.5, 0.6) is 11.5 Å². The van der Waals surface area contributed by atoms with Crippen molar-refractivity contribution in [1.82, 2.24) is 0 Å². The van der Waals surface area contributed by atoms with E-state index in [9.17, 15) is 4.79 Å². The van der Waals surface area contributed by atoms with Gasteiger partial charge in [-0.2, -0.15) is 0 Å². The van der Waals surface area contributed by atoms with Gasteiger partial charge in [-0.3, -0.25) is 4.79 Å². The summed E-state index contributed by atoms with van der Waals surface area (Å²) >= 11 is 6.43. The first-order valence-electron chi connectivity index (χ1n) is 6.62. The second-order valence-electron chi connectivity index (χ2n) is 5.20. The van der Waals surface area contributed by atoms with Gasteiger partial charge in [0.15, 0.2) is 11.5 Å². The fourth-order valence-electron chi connectivity index (χ4n) is 2.65. The summed E-state index contributed by atoms with van der Waals surface area (Å²) in [5.41, 5.74) is 1.64. The zero-order valence-electron chi connectivity index (χ0n) is 11.9. The van der Waals surface area contributed by atoms with E-state index in [0.717, 1.165) is 24.0 Å². The van der Waals surface area contributed by atoms with E-state index >= 15 is 0 Å². The van der Waals surface area contributed by atoms with Crippen molar-refractivity contribution in [1.29, 1.82) is 0 Å². The van der Waals surface area contributed by atoms with Crippen LogP contribution < -0.4 is 9.47 Å². The van der Waals surface area contributed by atoms with E-state index in [4.69, 9.17) is 26.2 Å². The molecule has 0 aliphatic heterocycles. The molecular weight excluding hydrogens is 280 g/mol. The van der Waals surface area contributed by atoms with Crippen molar-refractivity contribution in [2.75, 3.05) is 14.2 Å². The van der Waals surface area contributed by atoms with Crippen LogP contribution in [0.15, 0.2) is 6.07 Å². The predicted octanol–water partition coefficient (Wildman–Crippen LogP) is 3.63. The molecule has 110 valence electrons. The molecule has 1 unspecified atom stereocenters. The number of ether oxygens (including phenoxy) is 2. The molecule has 0 saturated heterocycles. The number of carboxylic acid groups (broad SMARTS) is 1. The number of aliphatic carboxylic acids is 1. The predicted molar refractivity (Wildman–Crippen MR) is 77.0 cm³/mol. The molecule has 1 aliphatic carbocycles. The largest absolute Gasteiger partial charge is 0.493 e. The second-order valence-corrected chi connectivity index (χ2v) is 5.58. The lowest BCUT2D eigenvalue weighted by Gasteiger charge is -2.22. The molecule has 20 heavy (non-hydrogen) atoms. The molecule has 0 radical (unpaired) electrons. The van der Waals surface area contributed by atoms with Gasteiger partial charge in [-0.1, -0.05) is 11.6 Å². The molecule has 0 amide bonds. The third-order valence-corrected chi connectivity index (χ3v) is 4.28. The minimum Gasteiger partial charge on any atom is -0.493 e.